The van der Waals surface area contributed by atoms with Crippen LogP contribution in [-0.4, -0.2) is 25.6 Å². The van der Waals surface area contributed by atoms with Crippen molar-refractivity contribution in [3.8, 4) is 5.75 Å². The van der Waals surface area contributed by atoms with Crippen LogP contribution in [0.4, 0.5) is 0 Å². The van der Waals surface area contributed by atoms with E-state index in [1.54, 1.807) is 23.5 Å². The van der Waals surface area contributed by atoms with E-state index in [1.165, 1.54) is 4.88 Å². The molecule has 1 atom stereocenters. The van der Waals surface area contributed by atoms with Crippen LogP contribution < -0.4 is 9.50 Å². The molecule has 1 aliphatic rings. The minimum Gasteiger partial charge on any atom is -0.362 e. The van der Waals surface area contributed by atoms with Gasteiger partial charge >= 0.3 is 10.4 Å². The van der Waals surface area contributed by atoms with Crippen molar-refractivity contribution in [3.63, 3.8) is 0 Å². The van der Waals surface area contributed by atoms with Crippen molar-refractivity contribution in [3.05, 3.63) is 51.7 Å². The average molecular weight is 353 g/mol. The largest absolute Gasteiger partial charge is 0.446 e. The second-order valence-electron chi connectivity index (χ2n) is 5.63. The van der Waals surface area contributed by atoms with Gasteiger partial charge in [0.1, 0.15) is 5.75 Å². The molecule has 0 saturated heterocycles. The van der Waals surface area contributed by atoms with Gasteiger partial charge in [0.15, 0.2) is 0 Å². The molecule has 0 aliphatic heterocycles. The maximum absolute atomic E-state index is 10.9. The average Bonchev–Trinajstić information content (AvgIpc) is 2.99. The Kier molecular flexibility index (Phi) is 5.01. The van der Waals surface area contributed by atoms with E-state index in [2.05, 4.69) is 27.0 Å². The Hall–Kier alpha value is -1.41. The number of hydrogen-bond acceptors (Lipinski definition) is 5. The molecule has 124 valence electrons. The highest BCUT2D eigenvalue weighted by Gasteiger charge is 2.22. The highest BCUT2D eigenvalue weighted by molar-refractivity contribution is 7.81. The highest BCUT2D eigenvalue weighted by atomic mass is 32.3. The predicted molar refractivity (Wildman–Crippen MR) is 90.5 cm³/mol. The molecule has 0 saturated carbocycles. The number of rotatable bonds is 6. The summed E-state index contributed by atoms with van der Waals surface area (Å²) in [5, 5.41) is 5.65. The number of fused-ring (bicyclic) bond motifs is 1. The first-order valence-corrected chi connectivity index (χ1v) is 9.79. The van der Waals surface area contributed by atoms with Gasteiger partial charge in [0.25, 0.3) is 0 Å². The van der Waals surface area contributed by atoms with Crippen LogP contribution >= 0.6 is 11.3 Å². The topological polar surface area (TPSA) is 75.6 Å². The molecule has 7 heteroatoms. The van der Waals surface area contributed by atoms with Crippen molar-refractivity contribution in [2.24, 2.45) is 0 Å². The zero-order valence-electron chi connectivity index (χ0n) is 12.6. The van der Waals surface area contributed by atoms with E-state index < -0.39 is 10.4 Å². The number of nitrogens with one attached hydrogen (secondary N) is 1. The van der Waals surface area contributed by atoms with E-state index in [4.69, 9.17) is 4.55 Å². The number of hydrogen-bond donors (Lipinski definition) is 2. The fourth-order valence-corrected chi connectivity index (χ4v) is 4.08. The maximum atomic E-state index is 10.9. The molecule has 3 rings (SSSR count). The Morgan fingerprint density at radius 3 is 2.91 bits per heavy atom. The van der Waals surface area contributed by atoms with E-state index in [9.17, 15) is 8.42 Å². The zero-order valence-corrected chi connectivity index (χ0v) is 14.2. The molecule has 0 spiro atoms. The van der Waals surface area contributed by atoms with Gasteiger partial charge in [0, 0.05) is 17.5 Å². The molecule has 1 unspecified atom stereocenters. The first kappa shape index (κ1) is 16.4. The Morgan fingerprint density at radius 2 is 2.17 bits per heavy atom. The second-order valence-corrected chi connectivity index (χ2v) is 7.68. The van der Waals surface area contributed by atoms with Gasteiger partial charge in [-0.3, -0.25) is 4.55 Å². The molecule has 1 aliphatic carbocycles. The molecule has 1 aromatic carbocycles. The van der Waals surface area contributed by atoms with Crippen molar-refractivity contribution in [1.82, 2.24) is 5.32 Å². The summed E-state index contributed by atoms with van der Waals surface area (Å²) in [6, 6.07) is 9.90. The molecule has 2 N–H and O–H groups in total. The van der Waals surface area contributed by atoms with E-state index in [0.29, 0.717) is 6.04 Å². The van der Waals surface area contributed by atoms with E-state index in [0.717, 1.165) is 43.4 Å². The molecule has 0 bridgehead atoms. The summed E-state index contributed by atoms with van der Waals surface area (Å²) in [6.45, 7) is 0.932. The SMILES string of the molecule is O=S(=O)(O)Oc1cccc2c1CCC(NCCc1cccs1)C2. The molecule has 0 fully saturated rings. The van der Waals surface area contributed by atoms with Gasteiger partial charge in [0.05, 0.1) is 0 Å². The molecule has 0 amide bonds. The van der Waals surface area contributed by atoms with Crippen molar-refractivity contribution >= 4 is 21.7 Å². The third-order valence-electron chi connectivity index (χ3n) is 4.02. The monoisotopic (exact) mass is 353 g/mol. The maximum Gasteiger partial charge on any atom is 0.446 e. The summed E-state index contributed by atoms with van der Waals surface area (Å²) < 4.78 is 35.4. The molecule has 0 radical (unpaired) electrons. The van der Waals surface area contributed by atoms with Gasteiger partial charge in [-0.05, 0) is 54.3 Å². The molecular formula is C16H19NO4S2. The molecule has 1 heterocycles. The van der Waals surface area contributed by atoms with E-state index >= 15 is 0 Å². The Morgan fingerprint density at radius 1 is 1.30 bits per heavy atom. The van der Waals surface area contributed by atoms with Crippen molar-refractivity contribution < 1.29 is 17.2 Å². The summed E-state index contributed by atoms with van der Waals surface area (Å²) in [6.07, 6.45) is 3.51. The van der Waals surface area contributed by atoms with Crippen LogP contribution in [-0.2, 0) is 29.7 Å². The van der Waals surface area contributed by atoms with Gasteiger partial charge in [-0.15, -0.1) is 11.3 Å². The van der Waals surface area contributed by atoms with E-state index in [-0.39, 0.29) is 5.75 Å². The summed E-state index contributed by atoms with van der Waals surface area (Å²) in [5.74, 6) is 0.238. The normalized spacial score (nSPS) is 17.7. The van der Waals surface area contributed by atoms with Gasteiger partial charge in [-0.2, -0.15) is 8.42 Å². The second kappa shape index (κ2) is 7.00. The zero-order chi connectivity index (χ0) is 16.3. The standard InChI is InChI=1S/C16H19NO4S2/c18-23(19,20)21-16-5-1-3-12-11-13(6-7-15(12)16)17-9-8-14-4-2-10-22-14/h1-5,10,13,17H,6-9,11H2,(H,18,19,20). The number of thiophene rings is 1. The lowest BCUT2D eigenvalue weighted by molar-refractivity contribution is 0.382. The smallest absolute Gasteiger partial charge is 0.362 e. The third-order valence-corrected chi connectivity index (χ3v) is 5.35. The third kappa shape index (κ3) is 4.54. The van der Waals surface area contributed by atoms with Crippen LogP contribution in [0.15, 0.2) is 35.7 Å². The molecule has 23 heavy (non-hydrogen) atoms. The summed E-state index contributed by atoms with van der Waals surface area (Å²) in [7, 11) is -4.48. The fraction of sp³-hybridized carbons (Fsp3) is 0.375. The molecule has 1 aromatic heterocycles. The minimum absolute atomic E-state index is 0.238. The first-order valence-electron chi connectivity index (χ1n) is 7.55. The summed E-state index contributed by atoms with van der Waals surface area (Å²) in [5.41, 5.74) is 1.95. The van der Waals surface area contributed by atoms with Gasteiger partial charge in [-0.25, -0.2) is 0 Å². The van der Waals surface area contributed by atoms with Crippen LogP contribution in [0.5, 0.6) is 5.75 Å². The van der Waals surface area contributed by atoms with Crippen molar-refractivity contribution in [2.45, 2.75) is 31.7 Å². The molecular weight excluding hydrogens is 334 g/mol. The van der Waals surface area contributed by atoms with Gasteiger partial charge < -0.3 is 9.50 Å². The van der Waals surface area contributed by atoms with Crippen LogP contribution in [0, 0.1) is 0 Å². The van der Waals surface area contributed by atoms with Gasteiger partial charge in [0.2, 0.25) is 0 Å². The van der Waals surface area contributed by atoms with E-state index in [1.807, 2.05) is 6.07 Å². The minimum atomic E-state index is -4.48. The Labute approximate surface area is 140 Å². The predicted octanol–water partition coefficient (Wildman–Crippen LogP) is 2.62. The van der Waals surface area contributed by atoms with Crippen LogP contribution in [0.2, 0.25) is 0 Å². The Bertz CT molecular complexity index is 756. The summed E-state index contributed by atoms with van der Waals surface area (Å²) >= 11 is 1.77. The fourth-order valence-electron chi connectivity index (χ4n) is 2.99. The van der Waals surface area contributed by atoms with Crippen molar-refractivity contribution in [2.75, 3.05) is 6.54 Å². The molecule has 5 nitrogen and oxygen atoms in total. The Balaban J connectivity index is 1.61. The highest BCUT2D eigenvalue weighted by Crippen LogP contribution is 2.30. The first-order chi connectivity index (χ1) is 11.0. The lowest BCUT2D eigenvalue weighted by Crippen LogP contribution is -2.35. The van der Waals surface area contributed by atoms with Crippen LogP contribution in [0.3, 0.4) is 0 Å². The summed E-state index contributed by atoms with van der Waals surface area (Å²) in [4.78, 5) is 1.37. The lowest BCUT2D eigenvalue weighted by Gasteiger charge is -2.26. The lowest BCUT2D eigenvalue weighted by atomic mass is 9.87. The molecule has 2 aromatic rings. The van der Waals surface area contributed by atoms with Gasteiger partial charge in [-0.1, -0.05) is 18.2 Å². The quantitative estimate of drug-likeness (QED) is 0.781. The van der Waals surface area contributed by atoms with Crippen molar-refractivity contribution in [1.29, 1.82) is 0 Å². The van der Waals surface area contributed by atoms with Crippen LogP contribution in [0.1, 0.15) is 22.4 Å². The number of benzene rings is 1. The van der Waals surface area contributed by atoms with Crippen LogP contribution in [0.25, 0.3) is 0 Å².